The molecule has 0 atom stereocenters. The number of amides is 1. The molecule has 0 saturated carbocycles. The number of aromatic nitrogens is 4. The van der Waals surface area contributed by atoms with E-state index in [4.69, 9.17) is 0 Å². The van der Waals surface area contributed by atoms with Crippen molar-refractivity contribution in [1.82, 2.24) is 24.6 Å². The van der Waals surface area contributed by atoms with Gasteiger partial charge in [0.25, 0.3) is 5.91 Å². The lowest BCUT2D eigenvalue weighted by Gasteiger charge is -2.17. The summed E-state index contributed by atoms with van der Waals surface area (Å²) in [7, 11) is 1.79. The van der Waals surface area contributed by atoms with Gasteiger partial charge in [0.05, 0.1) is 11.3 Å². The minimum Gasteiger partial charge on any atom is -0.337 e. The molecule has 0 saturated heterocycles. The van der Waals surface area contributed by atoms with Crippen LogP contribution in [0.4, 0.5) is 0 Å². The van der Waals surface area contributed by atoms with Crippen molar-refractivity contribution < 1.29 is 4.79 Å². The van der Waals surface area contributed by atoms with Crippen molar-refractivity contribution in [3.8, 4) is 16.9 Å². The van der Waals surface area contributed by atoms with Crippen molar-refractivity contribution in [3.05, 3.63) is 96.7 Å². The zero-order valence-corrected chi connectivity index (χ0v) is 15.4. The lowest BCUT2D eigenvalue weighted by atomic mass is 10.1. The molecule has 6 heteroatoms. The first-order valence-corrected chi connectivity index (χ1v) is 8.92. The highest BCUT2D eigenvalue weighted by molar-refractivity contribution is 5.99. The zero-order chi connectivity index (χ0) is 19.3. The predicted octanol–water partition coefficient (Wildman–Crippen LogP) is 3.60. The fourth-order valence-electron chi connectivity index (χ4n) is 3.00. The number of carbonyl (C=O) groups is 1. The number of hydrogen-bond acceptors (Lipinski definition) is 4. The van der Waals surface area contributed by atoms with Crippen LogP contribution in [0, 0.1) is 0 Å². The van der Waals surface area contributed by atoms with Gasteiger partial charge in [0.2, 0.25) is 0 Å². The molecule has 0 N–H and O–H groups in total. The van der Waals surface area contributed by atoms with Gasteiger partial charge in [-0.2, -0.15) is 5.10 Å². The van der Waals surface area contributed by atoms with Crippen molar-refractivity contribution in [1.29, 1.82) is 0 Å². The number of rotatable bonds is 5. The van der Waals surface area contributed by atoms with E-state index in [9.17, 15) is 4.79 Å². The van der Waals surface area contributed by atoms with Crippen LogP contribution in [0.2, 0.25) is 0 Å². The summed E-state index contributed by atoms with van der Waals surface area (Å²) in [5, 5.41) is 4.68. The molecule has 0 radical (unpaired) electrons. The van der Waals surface area contributed by atoms with E-state index in [1.165, 1.54) is 0 Å². The number of carbonyl (C=O) groups excluding carboxylic acids is 1. The van der Waals surface area contributed by atoms with Crippen LogP contribution in [0.5, 0.6) is 0 Å². The van der Waals surface area contributed by atoms with E-state index in [2.05, 4.69) is 15.1 Å². The Labute approximate surface area is 163 Å². The van der Waals surface area contributed by atoms with E-state index in [0.717, 1.165) is 16.8 Å². The highest BCUT2D eigenvalue weighted by Crippen LogP contribution is 2.24. The van der Waals surface area contributed by atoms with Crippen LogP contribution in [-0.4, -0.2) is 37.6 Å². The summed E-state index contributed by atoms with van der Waals surface area (Å²) >= 11 is 0. The summed E-state index contributed by atoms with van der Waals surface area (Å²) in [6.45, 7) is 0.490. The second-order valence-electron chi connectivity index (χ2n) is 6.43. The van der Waals surface area contributed by atoms with Crippen molar-refractivity contribution in [2.45, 2.75) is 6.54 Å². The van der Waals surface area contributed by atoms with Gasteiger partial charge in [-0.05, 0) is 42.0 Å². The second-order valence-corrected chi connectivity index (χ2v) is 6.43. The Balaban J connectivity index is 1.72. The molecular formula is C22H19N5O. The van der Waals surface area contributed by atoms with E-state index < -0.39 is 0 Å². The third-order valence-corrected chi connectivity index (χ3v) is 4.42. The third kappa shape index (κ3) is 3.66. The fraction of sp³-hybridized carbons (Fsp3) is 0.0909. The molecule has 0 bridgehead atoms. The van der Waals surface area contributed by atoms with Gasteiger partial charge < -0.3 is 4.90 Å². The molecule has 0 aliphatic rings. The van der Waals surface area contributed by atoms with Gasteiger partial charge in [0.15, 0.2) is 0 Å². The van der Waals surface area contributed by atoms with Crippen LogP contribution >= 0.6 is 0 Å². The summed E-state index contributed by atoms with van der Waals surface area (Å²) in [6, 6.07) is 17.3. The van der Waals surface area contributed by atoms with Crippen LogP contribution in [0.3, 0.4) is 0 Å². The van der Waals surface area contributed by atoms with E-state index >= 15 is 0 Å². The number of nitrogens with zero attached hydrogens (tertiary/aromatic N) is 5. The molecule has 4 rings (SSSR count). The number of para-hydroxylation sites is 1. The quantitative estimate of drug-likeness (QED) is 0.539. The lowest BCUT2D eigenvalue weighted by Crippen LogP contribution is -2.26. The third-order valence-electron chi connectivity index (χ3n) is 4.42. The topological polar surface area (TPSA) is 63.9 Å². The van der Waals surface area contributed by atoms with Gasteiger partial charge in [0.1, 0.15) is 5.69 Å². The van der Waals surface area contributed by atoms with Crippen LogP contribution in [-0.2, 0) is 6.54 Å². The number of benzene rings is 1. The van der Waals surface area contributed by atoms with Crippen molar-refractivity contribution in [2.75, 3.05) is 7.05 Å². The standard InChI is InChI=1S/C22H19N5O/c1-26(15-17-9-12-23-13-10-17)22(28)20-16-27(19-7-3-2-4-8-19)25-21(20)18-6-5-11-24-14-18/h2-14,16H,15H2,1H3. The van der Waals surface area contributed by atoms with Crippen LogP contribution in [0.1, 0.15) is 15.9 Å². The Morgan fingerprint density at radius 1 is 0.964 bits per heavy atom. The Bertz CT molecular complexity index is 1060. The van der Waals surface area contributed by atoms with E-state index in [0.29, 0.717) is 17.8 Å². The maximum Gasteiger partial charge on any atom is 0.257 e. The van der Waals surface area contributed by atoms with Crippen LogP contribution in [0.25, 0.3) is 16.9 Å². The molecule has 0 fully saturated rings. The average molecular weight is 369 g/mol. The van der Waals surface area contributed by atoms with Crippen molar-refractivity contribution in [3.63, 3.8) is 0 Å². The van der Waals surface area contributed by atoms with Gasteiger partial charge in [-0.3, -0.25) is 14.8 Å². The Kier molecular flexibility index (Phi) is 4.93. The lowest BCUT2D eigenvalue weighted by molar-refractivity contribution is 0.0786. The van der Waals surface area contributed by atoms with Gasteiger partial charge in [-0.1, -0.05) is 18.2 Å². The molecular weight excluding hydrogens is 350 g/mol. The van der Waals surface area contributed by atoms with E-state index in [-0.39, 0.29) is 5.91 Å². The first-order chi connectivity index (χ1) is 13.7. The normalized spacial score (nSPS) is 10.6. The Morgan fingerprint density at radius 3 is 2.46 bits per heavy atom. The second kappa shape index (κ2) is 7.84. The summed E-state index contributed by atoms with van der Waals surface area (Å²) in [4.78, 5) is 23.1. The van der Waals surface area contributed by atoms with Gasteiger partial charge >= 0.3 is 0 Å². The predicted molar refractivity (Wildman–Crippen MR) is 107 cm³/mol. The van der Waals surface area contributed by atoms with E-state index in [1.54, 1.807) is 47.6 Å². The molecule has 4 aromatic rings. The fourth-order valence-corrected chi connectivity index (χ4v) is 3.00. The molecule has 1 amide bonds. The molecule has 28 heavy (non-hydrogen) atoms. The maximum atomic E-state index is 13.2. The van der Waals surface area contributed by atoms with Gasteiger partial charge in [-0.25, -0.2) is 4.68 Å². The zero-order valence-electron chi connectivity index (χ0n) is 15.4. The van der Waals surface area contributed by atoms with Gasteiger partial charge in [-0.15, -0.1) is 0 Å². The average Bonchev–Trinajstić information content (AvgIpc) is 3.20. The summed E-state index contributed by atoms with van der Waals surface area (Å²) in [6.07, 6.45) is 8.65. The molecule has 1 aromatic carbocycles. The summed E-state index contributed by atoms with van der Waals surface area (Å²) in [5.74, 6) is -0.0992. The molecule has 138 valence electrons. The Hall–Kier alpha value is -3.80. The maximum absolute atomic E-state index is 13.2. The van der Waals surface area contributed by atoms with Crippen LogP contribution < -0.4 is 0 Å². The SMILES string of the molecule is CN(Cc1ccncc1)C(=O)c1cn(-c2ccccc2)nc1-c1cccnc1. The molecule has 0 spiro atoms. The first-order valence-electron chi connectivity index (χ1n) is 8.92. The van der Waals surface area contributed by atoms with Gasteiger partial charge in [0, 0.05) is 50.1 Å². The van der Waals surface area contributed by atoms with Crippen molar-refractivity contribution >= 4 is 5.91 Å². The minimum absolute atomic E-state index is 0.0992. The Morgan fingerprint density at radius 2 is 1.75 bits per heavy atom. The summed E-state index contributed by atoms with van der Waals surface area (Å²) in [5.41, 5.74) is 3.86. The highest BCUT2D eigenvalue weighted by Gasteiger charge is 2.21. The highest BCUT2D eigenvalue weighted by atomic mass is 16.2. The summed E-state index contributed by atoms with van der Waals surface area (Å²) < 4.78 is 1.73. The molecule has 3 heterocycles. The molecule has 3 aromatic heterocycles. The molecule has 0 unspecified atom stereocenters. The number of hydrogen-bond donors (Lipinski definition) is 0. The largest absolute Gasteiger partial charge is 0.337 e. The molecule has 0 aliphatic carbocycles. The molecule has 0 aliphatic heterocycles. The van der Waals surface area contributed by atoms with Crippen LogP contribution in [0.15, 0.2) is 85.6 Å². The smallest absolute Gasteiger partial charge is 0.257 e. The monoisotopic (exact) mass is 369 g/mol. The minimum atomic E-state index is -0.0992. The number of pyridine rings is 2. The van der Waals surface area contributed by atoms with E-state index in [1.807, 2.05) is 54.6 Å². The van der Waals surface area contributed by atoms with Crippen molar-refractivity contribution in [2.24, 2.45) is 0 Å². The molecule has 6 nitrogen and oxygen atoms in total. The first kappa shape index (κ1) is 17.6.